The van der Waals surface area contributed by atoms with Crippen LogP contribution in [0.2, 0.25) is 0 Å². The highest BCUT2D eigenvalue weighted by Gasteiger charge is 2.08. The third-order valence-electron chi connectivity index (χ3n) is 2.24. The van der Waals surface area contributed by atoms with Crippen molar-refractivity contribution in [3.05, 3.63) is 36.5 Å². The predicted molar refractivity (Wildman–Crippen MR) is 72.5 cm³/mol. The van der Waals surface area contributed by atoms with E-state index >= 15 is 0 Å². The molecule has 4 N–H and O–H groups in total. The quantitative estimate of drug-likeness (QED) is 0.734. The molecule has 0 aliphatic heterocycles. The number of urea groups is 1. The number of carbonyl (C=O) groups excluding carboxylic acids is 2. The molecule has 0 radical (unpaired) electrons. The van der Waals surface area contributed by atoms with Gasteiger partial charge in [-0.25, -0.2) is 9.78 Å². The molecule has 1 aromatic carbocycles. The van der Waals surface area contributed by atoms with Crippen LogP contribution in [-0.4, -0.2) is 27.7 Å². The van der Waals surface area contributed by atoms with Gasteiger partial charge in [0, 0.05) is 0 Å². The Balaban J connectivity index is 1.95. The molecule has 19 heavy (non-hydrogen) atoms. The van der Waals surface area contributed by atoms with E-state index in [1.165, 1.54) is 11.8 Å². The van der Waals surface area contributed by atoms with Crippen LogP contribution in [0.3, 0.4) is 0 Å². The molecular weight excluding hydrogens is 264 g/mol. The summed E-state index contributed by atoms with van der Waals surface area (Å²) in [7, 11) is 0. The summed E-state index contributed by atoms with van der Waals surface area (Å²) in [4.78, 5) is 28.9. The van der Waals surface area contributed by atoms with Crippen molar-refractivity contribution >= 4 is 23.7 Å². The van der Waals surface area contributed by atoms with Gasteiger partial charge in [-0.3, -0.25) is 10.1 Å². The molecule has 0 bridgehead atoms. The smallest absolute Gasteiger partial charge is 0.318 e. The molecule has 0 atom stereocenters. The predicted octanol–water partition coefficient (Wildman–Crippen LogP) is 1.36. The number of hydrogen-bond acceptors (Lipinski definition) is 4. The van der Waals surface area contributed by atoms with Gasteiger partial charge in [-0.05, 0) is 5.56 Å². The molecule has 0 unspecified atom stereocenters. The molecule has 2 aromatic rings. The van der Waals surface area contributed by atoms with Crippen molar-refractivity contribution in [3.8, 4) is 11.3 Å². The molecule has 0 aliphatic carbocycles. The molecular formula is C12H12N4O2S. The van der Waals surface area contributed by atoms with Crippen LogP contribution in [0.4, 0.5) is 4.79 Å². The number of nitrogens with zero attached hydrogens (tertiary/aromatic N) is 1. The number of carbonyl (C=O) groups is 2. The Hall–Kier alpha value is -2.28. The minimum atomic E-state index is -0.852. The van der Waals surface area contributed by atoms with Crippen LogP contribution in [0.25, 0.3) is 11.3 Å². The first-order valence-electron chi connectivity index (χ1n) is 5.47. The van der Waals surface area contributed by atoms with Gasteiger partial charge in [0.1, 0.15) is 0 Å². The molecule has 0 fully saturated rings. The van der Waals surface area contributed by atoms with Crippen molar-refractivity contribution in [2.24, 2.45) is 5.73 Å². The first-order valence-corrected chi connectivity index (χ1v) is 6.46. The molecule has 2 rings (SSSR count). The molecule has 3 amide bonds. The Morgan fingerprint density at radius 3 is 2.74 bits per heavy atom. The summed E-state index contributed by atoms with van der Waals surface area (Å²) in [5.74, 6) is -0.375. The minimum Gasteiger partial charge on any atom is -0.351 e. The summed E-state index contributed by atoms with van der Waals surface area (Å²) < 4.78 is 0. The largest absolute Gasteiger partial charge is 0.351 e. The summed E-state index contributed by atoms with van der Waals surface area (Å²) in [5, 5.41) is 2.60. The number of hydrogen-bond donors (Lipinski definition) is 3. The fraction of sp³-hybridized carbons (Fsp3) is 0.0833. The maximum Gasteiger partial charge on any atom is 0.318 e. The van der Waals surface area contributed by atoms with Crippen molar-refractivity contribution in [3.63, 3.8) is 0 Å². The number of nitrogens with two attached hydrogens (primary N) is 1. The zero-order valence-corrected chi connectivity index (χ0v) is 10.7. The third-order valence-corrected chi connectivity index (χ3v) is 3.13. The Kier molecular flexibility index (Phi) is 4.19. The van der Waals surface area contributed by atoms with E-state index in [-0.39, 0.29) is 5.75 Å². The van der Waals surface area contributed by atoms with Crippen LogP contribution in [0.5, 0.6) is 0 Å². The maximum absolute atomic E-state index is 11.2. The van der Waals surface area contributed by atoms with Crippen molar-refractivity contribution < 1.29 is 9.59 Å². The number of thioether (sulfide) groups is 1. The highest BCUT2D eigenvalue weighted by Crippen LogP contribution is 2.20. The van der Waals surface area contributed by atoms with E-state index < -0.39 is 11.9 Å². The number of aromatic amines is 1. The molecule has 1 aromatic heterocycles. The molecule has 98 valence electrons. The number of imide groups is 1. The van der Waals surface area contributed by atoms with Gasteiger partial charge < -0.3 is 10.7 Å². The number of imidazole rings is 1. The van der Waals surface area contributed by atoms with Gasteiger partial charge >= 0.3 is 6.03 Å². The van der Waals surface area contributed by atoms with Crippen LogP contribution in [0, 0.1) is 0 Å². The number of rotatable bonds is 4. The number of aromatic nitrogens is 2. The normalized spacial score (nSPS) is 10.1. The summed E-state index contributed by atoms with van der Waals surface area (Å²) in [6, 6.07) is 8.87. The van der Waals surface area contributed by atoms with E-state index in [0.29, 0.717) is 5.16 Å². The van der Waals surface area contributed by atoms with Crippen LogP contribution >= 0.6 is 11.8 Å². The lowest BCUT2D eigenvalue weighted by Crippen LogP contribution is -2.36. The van der Waals surface area contributed by atoms with E-state index in [9.17, 15) is 9.59 Å². The second-order valence-corrected chi connectivity index (χ2v) is 4.63. The van der Waals surface area contributed by atoms with Gasteiger partial charge in [-0.2, -0.15) is 0 Å². The molecule has 0 aliphatic rings. The van der Waals surface area contributed by atoms with E-state index in [1.807, 2.05) is 35.6 Å². The van der Waals surface area contributed by atoms with Crippen LogP contribution in [0.15, 0.2) is 41.7 Å². The van der Waals surface area contributed by atoms with E-state index in [0.717, 1.165) is 11.3 Å². The lowest BCUT2D eigenvalue weighted by atomic mass is 10.2. The molecule has 7 heteroatoms. The topological polar surface area (TPSA) is 101 Å². The highest BCUT2D eigenvalue weighted by atomic mass is 32.2. The number of benzene rings is 1. The van der Waals surface area contributed by atoms with Crippen LogP contribution < -0.4 is 11.1 Å². The van der Waals surface area contributed by atoms with Gasteiger partial charge in [0.2, 0.25) is 5.91 Å². The second-order valence-electron chi connectivity index (χ2n) is 3.67. The fourth-order valence-corrected chi connectivity index (χ4v) is 2.10. The van der Waals surface area contributed by atoms with E-state index in [2.05, 4.69) is 9.97 Å². The van der Waals surface area contributed by atoms with E-state index in [1.54, 1.807) is 6.20 Å². The van der Waals surface area contributed by atoms with Gasteiger partial charge in [0.15, 0.2) is 5.16 Å². The first-order chi connectivity index (χ1) is 9.15. The Labute approximate surface area is 113 Å². The van der Waals surface area contributed by atoms with E-state index in [4.69, 9.17) is 5.73 Å². The lowest BCUT2D eigenvalue weighted by molar-refractivity contribution is -0.117. The Morgan fingerprint density at radius 1 is 1.32 bits per heavy atom. The van der Waals surface area contributed by atoms with Gasteiger partial charge in [0.25, 0.3) is 0 Å². The average Bonchev–Trinajstić information content (AvgIpc) is 2.85. The van der Waals surface area contributed by atoms with Crippen molar-refractivity contribution in [2.75, 3.05) is 5.75 Å². The molecule has 0 saturated heterocycles. The zero-order chi connectivity index (χ0) is 13.7. The standard InChI is InChI=1S/C12H12N4O2S/c13-11(18)16-10(17)7-19-12-14-6-9(15-12)8-4-2-1-3-5-8/h1-6H,7H2,(H,14,15)(H3,13,16,17,18). The lowest BCUT2D eigenvalue weighted by Gasteiger charge is -1.99. The van der Waals surface area contributed by atoms with Crippen LogP contribution in [-0.2, 0) is 4.79 Å². The number of primary amides is 1. The zero-order valence-electron chi connectivity index (χ0n) is 9.92. The highest BCUT2D eigenvalue weighted by molar-refractivity contribution is 7.99. The number of H-pyrrole nitrogens is 1. The molecule has 0 spiro atoms. The van der Waals surface area contributed by atoms with Gasteiger partial charge in [-0.1, -0.05) is 42.1 Å². The summed E-state index contributed by atoms with van der Waals surface area (Å²) in [5.41, 5.74) is 6.73. The summed E-state index contributed by atoms with van der Waals surface area (Å²) in [6.07, 6.45) is 1.70. The summed E-state index contributed by atoms with van der Waals surface area (Å²) >= 11 is 1.20. The van der Waals surface area contributed by atoms with Crippen LogP contribution in [0.1, 0.15) is 0 Å². The van der Waals surface area contributed by atoms with Crippen molar-refractivity contribution in [1.82, 2.24) is 15.3 Å². The maximum atomic E-state index is 11.2. The van der Waals surface area contributed by atoms with Crippen molar-refractivity contribution in [1.29, 1.82) is 0 Å². The monoisotopic (exact) mass is 276 g/mol. The van der Waals surface area contributed by atoms with Gasteiger partial charge in [-0.15, -0.1) is 0 Å². The first kappa shape index (κ1) is 13.2. The fourth-order valence-electron chi connectivity index (χ4n) is 1.45. The molecule has 0 saturated carbocycles. The number of amides is 3. The third kappa shape index (κ3) is 3.85. The summed E-state index contributed by atoms with van der Waals surface area (Å²) in [6.45, 7) is 0. The molecule has 1 heterocycles. The number of nitrogens with one attached hydrogen (secondary N) is 2. The average molecular weight is 276 g/mol. The SMILES string of the molecule is NC(=O)NC(=O)CSc1ncc(-c2ccccc2)[nH]1. The van der Waals surface area contributed by atoms with Crippen molar-refractivity contribution in [2.45, 2.75) is 5.16 Å². The minimum absolute atomic E-state index is 0.0741. The Morgan fingerprint density at radius 2 is 2.05 bits per heavy atom. The van der Waals surface area contributed by atoms with Gasteiger partial charge in [0.05, 0.1) is 17.6 Å². The second kappa shape index (κ2) is 6.05. The molecule has 6 nitrogen and oxygen atoms in total. The Bertz CT molecular complexity index is 582.